The van der Waals surface area contributed by atoms with Crippen molar-refractivity contribution in [1.29, 1.82) is 0 Å². The van der Waals surface area contributed by atoms with Gasteiger partial charge < -0.3 is 19.6 Å². The molecule has 0 amide bonds. The van der Waals surface area contributed by atoms with Crippen molar-refractivity contribution >= 4 is 46.4 Å². The van der Waals surface area contributed by atoms with Crippen LogP contribution in [0.25, 0.3) is 11.2 Å². The van der Waals surface area contributed by atoms with E-state index in [1.54, 1.807) is 11.5 Å². The number of benzene rings is 1. The summed E-state index contributed by atoms with van der Waals surface area (Å²) in [6, 6.07) is 7.33. The number of nitrogens with zero attached hydrogens (tertiary/aromatic N) is 3. The molecule has 11 nitrogen and oxygen atoms in total. The van der Waals surface area contributed by atoms with E-state index in [4.69, 9.17) is 19.5 Å². The molecular formula is C19H23BrN5O6P. The van der Waals surface area contributed by atoms with Crippen molar-refractivity contribution in [2.75, 3.05) is 25.3 Å². The number of nitrogens with two attached hydrogens (primary N) is 1. The minimum absolute atomic E-state index is 0.0235. The zero-order valence-electron chi connectivity index (χ0n) is 17.3. The molecule has 0 aliphatic heterocycles. The van der Waals surface area contributed by atoms with Gasteiger partial charge in [0.1, 0.15) is 13.0 Å². The van der Waals surface area contributed by atoms with E-state index in [-0.39, 0.29) is 56.4 Å². The highest BCUT2D eigenvalue weighted by molar-refractivity contribution is 9.10. The standard InChI is InChI=1S/C19H23BrN5O6P/c1-2-15(26)10-31-32(28,30-9-13-4-3-5-14(20)8-13)12-29-7-6-25-11-22-16-17(25)23-19(21)24-18(16)27/h3-5,8,11H,2,6-7,9-10,12H2,1H3,(H3,21,23,24,27). The molecule has 0 saturated carbocycles. The third-order valence-electron chi connectivity index (χ3n) is 4.35. The monoisotopic (exact) mass is 527 g/mol. The Bertz CT molecular complexity index is 1200. The van der Waals surface area contributed by atoms with Crippen LogP contribution in [0, 0.1) is 0 Å². The number of fused-ring (bicyclic) bond motifs is 1. The van der Waals surface area contributed by atoms with Gasteiger partial charge >= 0.3 is 7.60 Å². The maximum Gasteiger partial charge on any atom is 0.356 e. The number of ether oxygens (including phenoxy) is 1. The van der Waals surface area contributed by atoms with Crippen LogP contribution in [-0.4, -0.2) is 44.9 Å². The van der Waals surface area contributed by atoms with E-state index in [0.717, 1.165) is 10.0 Å². The molecule has 0 spiro atoms. The molecule has 0 aliphatic carbocycles. The summed E-state index contributed by atoms with van der Waals surface area (Å²) >= 11 is 3.37. The average Bonchev–Trinajstić information content (AvgIpc) is 3.17. The van der Waals surface area contributed by atoms with Crippen LogP contribution < -0.4 is 11.3 Å². The number of ketones is 1. The number of H-pyrrole nitrogens is 1. The number of imidazole rings is 1. The van der Waals surface area contributed by atoms with Crippen LogP contribution in [0.1, 0.15) is 18.9 Å². The third kappa shape index (κ3) is 6.57. The Labute approximate surface area is 192 Å². The van der Waals surface area contributed by atoms with Crippen molar-refractivity contribution < 1.29 is 23.1 Å². The van der Waals surface area contributed by atoms with Crippen LogP contribution in [0.15, 0.2) is 39.9 Å². The number of aromatic nitrogens is 4. The number of aromatic amines is 1. The van der Waals surface area contributed by atoms with E-state index >= 15 is 0 Å². The van der Waals surface area contributed by atoms with Crippen molar-refractivity contribution in [2.24, 2.45) is 0 Å². The first-order valence-corrected chi connectivity index (χ1v) is 12.2. The van der Waals surface area contributed by atoms with Gasteiger partial charge in [-0.1, -0.05) is 35.0 Å². The van der Waals surface area contributed by atoms with Crippen LogP contribution in [0.5, 0.6) is 0 Å². The Morgan fingerprint density at radius 2 is 2.16 bits per heavy atom. The van der Waals surface area contributed by atoms with Gasteiger partial charge in [-0.05, 0) is 17.7 Å². The van der Waals surface area contributed by atoms with Gasteiger partial charge in [0.05, 0.1) is 19.5 Å². The van der Waals surface area contributed by atoms with Gasteiger partial charge in [-0.15, -0.1) is 0 Å². The number of carbonyl (C=O) groups is 1. The van der Waals surface area contributed by atoms with Gasteiger partial charge in [0, 0.05) is 17.4 Å². The normalized spacial score (nSPS) is 13.3. The summed E-state index contributed by atoms with van der Waals surface area (Å²) in [6.07, 6.45) is 1.35. The molecule has 1 unspecified atom stereocenters. The minimum Gasteiger partial charge on any atom is -0.369 e. The lowest BCUT2D eigenvalue weighted by Crippen LogP contribution is -2.14. The van der Waals surface area contributed by atoms with Gasteiger partial charge in [-0.25, -0.2) is 4.98 Å². The summed E-state index contributed by atoms with van der Waals surface area (Å²) in [4.78, 5) is 34.0. The van der Waals surface area contributed by atoms with Gasteiger partial charge in [0.25, 0.3) is 5.56 Å². The second-order valence-corrected chi connectivity index (χ2v) is 9.69. The maximum atomic E-state index is 13.1. The Balaban J connectivity index is 1.61. The van der Waals surface area contributed by atoms with Crippen LogP contribution in [0.4, 0.5) is 5.95 Å². The predicted molar refractivity (Wildman–Crippen MR) is 121 cm³/mol. The van der Waals surface area contributed by atoms with Crippen LogP contribution >= 0.6 is 23.5 Å². The molecule has 0 aliphatic rings. The summed E-state index contributed by atoms with van der Waals surface area (Å²) in [6.45, 7) is 1.77. The molecule has 3 aromatic rings. The first-order valence-electron chi connectivity index (χ1n) is 9.72. The molecule has 0 radical (unpaired) electrons. The van der Waals surface area contributed by atoms with Crippen LogP contribution in [0.3, 0.4) is 0 Å². The molecule has 2 aromatic heterocycles. The van der Waals surface area contributed by atoms with E-state index < -0.39 is 13.2 Å². The Morgan fingerprint density at radius 3 is 2.91 bits per heavy atom. The van der Waals surface area contributed by atoms with Crippen molar-refractivity contribution in [1.82, 2.24) is 19.5 Å². The highest BCUT2D eigenvalue weighted by Gasteiger charge is 2.26. The molecule has 0 fully saturated rings. The number of anilines is 1. The summed E-state index contributed by atoms with van der Waals surface area (Å²) in [5, 5.41) is 0. The minimum atomic E-state index is -3.71. The fraction of sp³-hybridized carbons (Fsp3) is 0.368. The fourth-order valence-electron chi connectivity index (χ4n) is 2.66. The molecule has 1 atom stereocenters. The Morgan fingerprint density at radius 1 is 1.34 bits per heavy atom. The number of Topliss-reactive ketones (excluding diaryl/α,β-unsaturated/α-hetero) is 1. The molecule has 172 valence electrons. The number of rotatable bonds is 12. The van der Waals surface area contributed by atoms with E-state index in [1.165, 1.54) is 6.33 Å². The lowest BCUT2D eigenvalue weighted by Gasteiger charge is -2.18. The summed E-state index contributed by atoms with van der Waals surface area (Å²) in [5.74, 6) is -0.223. The number of hydrogen-bond donors (Lipinski definition) is 2. The predicted octanol–water partition coefficient (Wildman–Crippen LogP) is 2.84. The summed E-state index contributed by atoms with van der Waals surface area (Å²) in [7, 11) is -3.71. The first kappa shape index (κ1) is 24.3. The molecule has 3 rings (SSSR count). The van der Waals surface area contributed by atoms with Crippen molar-refractivity contribution in [3.63, 3.8) is 0 Å². The topological polar surface area (TPSA) is 151 Å². The summed E-state index contributed by atoms with van der Waals surface area (Å²) < 4.78 is 32.0. The lowest BCUT2D eigenvalue weighted by molar-refractivity contribution is -0.121. The average molecular weight is 528 g/mol. The van der Waals surface area contributed by atoms with Crippen LogP contribution in [0.2, 0.25) is 0 Å². The van der Waals surface area contributed by atoms with E-state index in [2.05, 4.69) is 30.9 Å². The number of halogens is 1. The molecule has 2 heterocycles. The van der Waals surface area contributed by atoms with Crippen LogP contribution in [-0.2, 0) is 36.3 Å². The van der Waals surface area contributed by atoms with Gasteiger partial charge in [0.15, 0.2) is 16.9 Å². The molecule has 32 heavy (non-hydrogen) atoms. The highest BCUT2D eigenvalue weighted by Crippen LogP contribution is 2.49. The smallest absolute Gasteiger partial charge is 0.356 e. The Kier molecular flexibility index (Phi) is 8.32. The maximum absolute atomic E-state index is 13.1. The second kappa shape index (κ2) is 11.0. The van der Waals surface area contributed by atoms with E-state index in [9.17, 15) is 14.2 Å². The number of hydrogen-bond acceptors (Lipinski definition) is 9. The molecule has 3 N–H and O–H groups in total. The number of carbonyl (C=O) groups excluding carboxylic acids is 1. The van der Waals surface area contributed by atoms with Gasteiger partial charge in [-0.2, -0.15) is 4.98 Å². The first-order chi connectivity index (χ1) is 15.3. The largest absolute Gasteiger partial charge is 0.369 e. The quantitative estimate of drug-likeness (QED) is 0.267. The van der Waals surface area contributed by atoms with E-state index in [0.29, 0.717) is 5.65 Å². The molecule has 0 saturated heterocycles. The fourth-order valence-corrected chi connectivity index (χ4v) is 4.37. The number of nitrogens with one attached hydrogen (secondary N) is 1. The van der Waals surface area contributed by atoms with Gasteiger partial charge in [0.2, 0.25) is 5.95 Å². The van der Waals surface area contributed by atoms with Crippen molar-refractivity contribution in [2.45, 2.75) is 26.5 Å². The molecule has 1 aromatic carbocycles. The van der Waals surface area contributed by atoms with Gasteiger partial charge in [-0.3, -0.25) is 23.7 Å². The molecular weight excluding hydrogens is 505 g/mol. The summed E-state index contributed by atoms with van der Waals surface area (Å²) in [5.41, 5.74) is 6.40. The zero-order chi connectivity index (χ0) is 23.1. The van der Waals surface area contributed by atoms with Crippen molar-refractivity contribution in [3.8, 4) is 0 Å². The molecule has 13 heteroatoms. The lowest BCUT2D eigenvalue weighted by atomic mass is 10.2. The zero-order valence-corrected chi connectivity index (χ0v) is 19.8. The molecule has 0 bridgehead atoms. The number of nitrogen functional groups attached to an aromatic ring is 1. The van der Waals surface area contributed by atoms with E-state index in [1.807, 2.05) is 24.3 Å². The third-order valence-corrected chi connectivity index (χ3v) is 6.39. The highest BCUT2D eigenvalue weighted by atomic mass is 79.9. The SMILES string of the molecule is CCC(=O)COP(=O)(COCCn1cnc2c(=O)[nH]c(N)nc21)OCc1cccc(Br)c1. The Hall–Kier alpha value is -2.37. The van der Waals surface area contributed by atoms with Crippen molar-refractivity contribution in [3.05, 3.63) is 51.0 Å². The second-order valence-electron chi connectivity index (χ2n) is 6.78.